The molecule has 1 aliphatic carbocycles. The Labute approximate surface area is 210 Å². The number of esters is 1. The molecular weight excluding hydrogens is 438 g/mol. The fourth-order valence-electron chi connectivity index (χ4n) is 4.09. The lowest BCUT2D eigenvalue weighted by molar-refractivity contribution is -0.136. The molecule has 0 aliphatic heterocycles. The van der Waals surface area contributed by atoms with Gasteiger partial charge < -0.3 is 15.2 Å². The quantitative estimate of drug-likeness (QED) is 0.177. The van der Waals surface area contributed by atoms with Crippen LogP contribution in [0.2, 0.25) is 0 Å². The zero-order valence-corrected chi connectivity index (χ0v) is 21.9. The van der Waals surface area contributed by atoms with Crippen LogP contribution in [-0.4, -0.2) is 23.1 Å². The van der Waals surface area contributed by atoms with Crippen LogP contribution < -0.4 is 10.1 Å². The summed E-state index contributed by atoms with van der Waals surface area (Å²) in [5, 5.41) is 12.0. The second-order valence-electron chi connectivity index (χ2n) is 9.96. The Morgan fingerprint density at radius 2 is 1.83 bits per heavy atom. The number of rotatable bonds is 9. The standard InChI is InChI=1S/C30H39NO4/c1-21(12-17-27-23(3)11-8-18-30(27,5)6)9-7-10-22(2)19-28(33)31-25-13-15-26(16-14-25)35-29(34)20-24(4)32/h7,9-10,12-17,19,24,32H,8,11,18,20H2,1-6H3,(H,31,33)/b10-7+,17-12+,21-9+,22-19+. The average Bonchev–Trinajstić information content (AvgIpc) is 2.73. The summed E-state index contributed by atoms with van der Waals surface area (Å²) in [6.45, 7) is 12.3. The second-order valence-corrected chi connectivity index (χ2v) is 9.96. The Bertz CT molecular complexity index is 1050. The number of ether oxygens (including phenoxy) is 1. The fourth-order valence-corrected chi connectivity index (χ4v) is 4.09. The number of benzene rings is 1. The highest BCUT2D eigenvalue weighted by molar-refractivity contribution is 6.00. The lowest BCUT2D eigenvalue weighted by Gasteiger charge is -2.32. The SMILES string of the molecule is CC1=C(/C=C/C(C)=C/C=C/C(C)=C/C(=O)Nc2ccc(OC(=O)CC(C)O)cc2)C(C)(C)CCC1. The van der Waals surface area contributed by atoms with Crippen LogP contribution in [-0.2, 0) is 9.59 Å². The molecule has 0 saturated heterocycles. The third-order valence-corrected chi connectivity index (χ3v) is 5.95. The first-order valence-corrected chi connectivity index (χ1v) is 12.2. The number of aliphatic hydroxyl groups excluding tert-OH is 1. The second kappa shape index (κ2) is 13.1. The van der Waals surface area contributed by atoms with Crippen molar-refractivity contribution >= 4 is 17.6 Å². The van der Waals surface area contributed by atoms with Crippen LogP contribution >= 0.6 is 0 Å². The Hall–Kier alpha value is -3.18. The lowest BCUT2D eigenvalue weighted by Crippen LogP contribution is -2.19. The number of carbonyl (C=O) groups is 2. The monoisotopic (exact) mass is 477 g/mol. The Balaban J connectivity index is 1.90. The molecule has 0 heterocycles. The van der Waals surface area contributed by atoms with Gasteiger partial charge in [-0.25, -0.2) is 0 Å². The van der Waals surface area contributed by atoms with Gasteiger partial charge in [-0.1, -0.05) is 55.4 Å². The number of aliphatic hydroxyl groups is 1. The lowest BCUT2D eigenvalue weighted by atomic mass is 9.72. The van der Waals surface area contributed by atoms with Crippen LogP contribution in [0.15, 0.2) is 83.0 Å². The number of allylic oxidation sites excluding steroid dienone is 9. The van der Waals surface area contributed by atoms with Gasteiger partial charge in [0.2, 0.25) is 5.91 Å². The highest BCUT2D eigenvalue weighted by atomic mass is 16.5. The minimum absolute atomic E-state index is 0.0724. The smallest absolute Gasteiger partial charge is 0.313 e. The molecule has 188 valence electrons. The number of amides is 1. The first-order valence-electron chi connectivity index (χ1n) is 12.2. The molecule has 0 spiro atoms. The van der Waals surface area contributed by atoms with Gasteiger partial charge in [0.15, 0.2) is 0 Å². The van der Waals surface area contributed by atoms with E-state index in [-0.39, 0.29) is 17.7 Å². The maximum Gasteiger partial charge on any atom is 0.313 e. The van der Waals surface area contributed by atoms with Crippen molar-refractivity contribution in [2.24, 2.45) is 5.41 Å². The van der Waals surface area contributed by atoms with Gasteiger partial charge in [-0.3, -0.25) is 9.59 Å². The van der Waals surface area contributed by atoms with Crippen molar-refractivity contribution in [3.8, 4) is 5.75 Å². The maximum atomic E-state index is 12.3. The minimum Gasteiger partial charge on any atom is -0.426 e. The largest absolute Gasteiger partial charge is 0.426 e. The Morgan fingerprint density at radius 3 is 2.46 bits per heavy atom. The normalized spacial score (nSPS) is 17.7. The predicted octanol–water partition coefficient (Wildman–Crippen LogP) is 6.83. The zero-order valence-electron chi connectivity index (χ0n) is 21.9. The van der Waals surface area contributed by atoms with E-state index in [1.807, 2.05) is 25.2 Å². The van der Waals surface area contributed by atoms with Crippen LogP contribution in [0.1, 0.15) is 67.2 Å². The Kier molecular flexibility index (Phi) is 10.5. The third kappa shape index (κ3) is 9.91. The first kappa shape index (κ1) is 28.1. The molecule has 1 amide bonds. The number of anilines is 1. The molecular formula is C30H39NO4. The minimum atomic E-state index is -0.753. The summed E-state index contributed by atoms with van der Waals surface area (Å²) in [6, 6.07) is 6.51. The van der Waals surface area contributed by atoms with Gasteiger partial charge in [-0.05, 0) is 87.8 Å². The van der Waals surface area contributed by atoms with Crippen LogP contribution in [0.3, 0.4) is 0 Å². The van der Waals surface area contributed by atoms with Crippen LogP contribution in [0.5, 0.6) is 5.75 Å². The van der Waals surface area contributed by atoms with Crippen LogP contribution in [0.25, 0.3) is 0 Å². The van der Waals surface area contributed by atoms with Gasteiger partial charge in [0, 0.05) is 11.8 Å². The summed E-state index contributed by atoms with van der Waals surface area (Å²) in [7, 11) is 0. The first-order chi connectivity index (χ1) is 16.5. The summed E-state index contributed by atoms with van der Waals surface area (Å²) in [5.41, 5.74) is 5.72. The van der Waals surface area contributed by atoms with Gasteiger partial charge in [-0.15, -0.1) is 0 Å². The number of carbonyl (C=O) groups excluding carboxylic acids is 2. The van der Waals surface area contributed by atoms with Crippen molar-refractivity contribution in [2.75, 3.05) is 5.32 Å². The maximum absolute atomic E-state index is 12.3. The fraction of sp³-hybridized carbons (Fsp3) is 0.400. The molecule has 0 radical (unpaired) electrons. The molecule has 0 fully saturated rings. The van der Waals surface area contributed by atoms with Crippen molar-refractivity contribution in [2.45, 2.75) is 73.3 Å². The van der Waals surface area contributed by atoms with E-state index in [0.29, 0.717) is 11.4 Å². The van der Waals surface area contributed by atoms with Crippen molar-refractivity contribution in [3.63, 3.8) is 0 Å². The van der Waals surface area contributed by atoms with Gasteiger partial charge in [0.05, 0.1) is 12.5 Å². The topological polar surface area (TPSA) is 75.6 Å². The van der Waals surface area contributed by atoms with Crippen molar-refractivity contribution in [1.82, 2.24) is 0 Å². The van der Waals surface area contributed by atoms with E-state index in [1.54, 1.807) is 24.3 Å². The highest BCUT2D eigenvalue weighted by Crippen LogP contribution is 2.40. The molecule has 0 aromatic heterocycles. The molecule has 35 heavy (non-hydrogen) atoms. The van der Waals surface area contributed by atoms with E-state index in [9.17, 15) is 14.7 Å². The van der Waals surface area contributed by atoms with E-state index in [1.165, 1.54) is 43.4 Å². The van der Waals surface area contributed by atoms with E-state index in [4.69, 9.17) is 4.74 Å². The molecule has 1 aromatic carbocycles. The van der Waals surface area contributed by atoms with Gasteiger partial charge in [0.25, 0.3) is 0 Å². The molecule has 2 N–H and O–H groups in total. The predicted molar refractivity (Wildman–Crippen MR) is 143 cm³/mol. The molecule has 1 aliphatic rings. The van der Waals surface area contributed by atoms with Gasteiger partial charge in [-0.2, -0.15) is 0 Å². The van der Waals surface area contributed by atoms with E-state index in [2.05, 4.69) is 45.2 Å². The molecule has 1 aromatic rings. The summed E-state index contributed by atoms with van der Waals surface area (Å²) >= 11 is 0. The summed E-state index contributed by atoms with van der Waals surface area (Å²) < 4.78 is 5.13. The van der Waals surface area contributed by atoms with E-state index < -0.39 is 12.1 Å². The Morgan fingerprint density at radius 1 is 1.14 bits per heavy atom. The third-order valence-electron chi connectivity index (χ3n) is 5.95. The highest BCUT2D eigenvalue weighted by Gasteiger charge is 2.26. The average molecular weight is 478 g/mol. The van der Waals surface area contributed by atoms with E-state index in [0.717, 1.165) is 11.1 Å². The summed E-state index contributed by atoms with van der Waals surface area (Å²) in [6.07, 6.45) is 14.7. The molecule has 1 atom stereocenters. The van der Waals surface area contributed by atoms with E-state index >= 15 is 0 Å². The molecule has 0 saturated carbocycles. The molecule has 2 rings (SSSR count). The number of hydrogen-bond acceptors (Lipinski definition) is 4. The molecule has 0 bridgehead atoms. The number of nitrogens with one attached hydrogen (secondary N) is 1. The zero-order chi connectivity index (χ0) is 26.0. The van der Waals surface area contributed by atoms with Crippen LogP contribution in [0, 0.1) is 5.41 Å². The van der Waals surface area contributed by atoms with Crippen molar-refractivity contribution in [1.29, 1.82) is 0 Å². The van der Waals surface area contributed by atoms with Crippen LogP contribution in [0.4, 0.5) is 5.69 Å². The van der Waals surface area contributed by atoms with Gasteiger partial charge >= 0.3 is 5.97 Å². The summed E-state index contributed by atoms with van der Waals surface area (Å²) in [5.74, 6) is -0.390. The molecule has 5 heteroatoms. The van der Waals surface area contributed by atoms with Crippen molar-refractivity contribution in [3.05, 3.63) is 83.0 Å². The summed E-state index contributed by atoms with van der Waals surface area (Å²) in [4.78, 5) is 23.9. The number of hydrogen-bond donors (Lipinski definition) is 2. The van der Waals surface area contributed by atoms with Crippen molar-refractivity contribution < 1.29 is 19.4 Å². The molecule has 5 nitrogen and oxygen atoms in total. The molecule has 1 unspecified atom stereocenters. The van der Waals surface area contributed by atoms with Gasteiger partial charge in [0.1, 0.15) is 5.75 Å².